The van der Waals surface area contributed by atoms with Gasteiger partial charge in [0.25, 0.3) is 6.43 Å². The van der Waals surface area contributed by atoms with E-state index in [1.54, 1.807) is 0 Å². The van der Waals surface area contributed by atoms with E-state index in [4.69, 9.17) is 20.3 Å². The number of alkyl carbamates (subject to hydrolysis) is 1. The highest BCUT2D eigenvalue weighted by atomic mass is 19.3. The summed E-state index contributed by atoms with van der Waals surface area (Å²) in [6, 6.07) is 0. The summed E-state index contributed by atoms with van der Waals surface area (Å²) >= 11 is 0. The number of hydrogen-bond donors (Lipinski definition) is 3. The number of carboxylic acids is 1. The quantitative estimate of drug-likeness (QED) is 0.178. The molecule has 0 radical (unpaired) electrons. The molecule has 0 aromatic carbocycles. The van der Waals surface area contributed by atoms with Gasteiger partial charge in [0.1, 0.15) is 0 Å². The molecule has 0 fully saturated rings. The Balaban J connectivity index is 3.87. The van der Waals surface area contributed by atoms with Gasteiger partial charge < -0.3 is 25.6 Å². The summed E-state index contributed by atoms with van der Waals surface area (Å²) in [5.74, 6) is -2.27. The van der Waals surface area contributed by atoms with E-state index in [0.717, 1.165) is 19.3 Å². The number of carbonyl (C=O) groups excluding carboxylic acids is 2. The third-order valence-corrected chi connectivity index (χ3v) is 4.63. The molecule has 4 N–H and O–H groups in total. The van der Waals surface area contributed by atoms with Crippen LogP contribution in [0.1, 0.15) is 84.5 Å². The van der Waals surface area contributed by atoms with Gasteiger partial charge in [-0.1, -0.05) is 51.9 Å². The summed E-state index contributed by atoms with van der Waals surface area (Å²) in [6.07, 6.45) is 3.19. The molecule has 0 spiro atoms. The highest BCUT2D eigenvalue weighted by molar-refractivity contribution is 5.79. The number of aliphatic carboxylic acids is 1. The van der Waals surface area contributed by atoms with Crippen LogP contribution in [0.2, 0.25) is 0 Å². The van der Waals surface area contributed by atoms with Crippen LogP contribution >= 0.6 is 0 Å². The first-order chi connectivity index (χ1) is 14.1. The monoisotopic (exact) mass is 438 g/mol. The molecule has 0 aliphatic carbocycles. The molecule has 0 heterocycles. The van der Waals surface area contributed by atoms with E-state index in [2.05, 4.69) is 12.2 Å². The predicted molar refractivity (Wildman–Crippen MR) is 107 cm³/mol. The predicted octanol–water partition coefficient (Wildman–Crippen LogP) is 3.96. The molecule has 1 amide bonds. The third kappa shape index (κ3) is 12.6. The molecule has 0 saturated heterocycles. The van der Waals surface area contributed by atoms with E-state index in [0.29, 0.717) is 6.42 Å². The largest absolute Gasteiger partial charge is 0.480 e. The fourth-order valence-corrected chi connectivity index (χ4v) is 2.74. The molecule has 0 rings (SSSR count). The second-order valence-electron chi connectivity index (χ2n) is 7.36. The number of nitrogens with two attached hydrogens (primary N) is 1. The highest BCUT2D eigenvalue weighted by Gasteiger charge is 2.43. The molecule has 0 aliphatic heterocycles. The van der Waals surface area contributed by atoms with Gasteiger partial charge in [-0.05, 0) is 19.3 Å². The number of carbonyl (C=O) groups is 3. The van der Waals surface area contributed by atoms with Gasteiger partial charge in [0.15, 0.2) is 5.54 Å². The van der Waals surface area contributed by atoms with Crippen molar-refractivity contribution in [2.75, 3.05) is 6.54 Å². The second-order valence-corrected chi connectivity index (χ2v) is 7.36. The Hall–Kier alpha value is -1.97. The zero-order chi connectivity index (χ0) is 23.0. The van der Waals surface area contributed by atoms with Gasteiger partial charge in [0, 0.05) is 19.9 Å². The van der Waals surface area contributed by atoms with Crippen molar-refractivity contribution in [2.45, 2.75) is 103 Å². The minimum absolute atomic E-state index is 0.0884. The zero-order valence-corrected chi connectivity index (χ0v) is 18.0. The molecule has 176 valence electrons. The van der Waals surface area contributed by atoms with Crippen LogP contribution in [0.15, 0.2) is 0 Å². The van der Waals surface area contributed by atoms with Gasteiger partial charge in [-0.15, -0.1) is 0 Å². The SMILES string of the molecule is CCCCCCCCCCC(=O)OC(C)OC(=O)NCCCC(N)(C(=O)O)C(F)F. The number of carboxylic acid groups (broad SMARTS) is 1. The molecule has 0 aliphatic rings. The summed E-state index contributed by atoms with van der Waals surface area (Å²) in [6.45, 7) is 3.44. The number of alkyl halides is 2. The van der Waals surface area contributed by atoms with Crippen LogP contribution in [0.3, 0.4) is 0 Å². The first-order valence-corrected chi connectivity index (χ1v) is 10.6. The number of esters is 1. The Morgan fingerprint density at radius 1 is 1.00 bits per heavy atom. The number of rotatable bonds is 17. The summed E-state index contributed by atoms with van der Waals surface area (Å²) in [5, 5.41) is 11.1. The maximum absolute atomic E-state index is 12.7. The molecule has 2 atom stereocenters. The Morgan fingerprint density at radius 3 is 2.10 bits per heavy atom. The summed E-state index contributed by atoms with van der Waals surface area (Å²) in [5.41, 5.74) is 2.51. The molecular formula is C20H36F2N2O6. The minimum Gasteiger partial charge on any atom is -0.480 e. The number of ether oxygens (including phenoxy) is 2. The number of nitrogens with one attached hydrogen (secondary N) is 1. The zero-order valence-electron chi connectivity index (χ0n) is 18.0. The molecule has 8 nitrogen and oxygen atoms in total. The molecule has 30 heavy (non-hydrogen) atoms. The van der Waals surface area contributed by atoms with Crippen LogP contribution in [0.4, 0.5) is 13.6 Å². The summed E-state index contributed by atoms with van der Waals surface area (Å²) in [4.78, 5) is 34.2. The van der Waals surface area contributed by atoms with Gasteiger partial charge in [-0.2, -0.15) is 0 Å². The van der Waals surface area contributed by atoms with Crippen molar-refractivity contribution in [1.29, 1.82) is 0 Å². The lowest BCUT2D eigenvalue weighted by molar-refractivity contribution is -0.165. The van der Waals surface area contributed by atoms with Gasteiger partial charge in [0.05, 0.1) is 0 Å². The van der Waals surface area contributed by atoms with Crippen LogP contribution in [0.5, 0.6) is 0 Å². The van der Waals surface area contributed by atoms with E-state index in [1.807, 2.05) is 0 Å². The van der Waals surface area contributed by atoms with E-state index >= 15 is 0 Å². The van der Waals surface area contributed by atoms with Crippen LogP contribution in [-0.4, -0.2) is 47.9 Å². The number of halogens is 2. The topological polar surface area (TPSA) is 128 Å². The fraction of sp³-hybridized carbons (Fsp3) is 0.850. The molecule has 2 unspecified atom stereocenters. The lowest BCUT2D eigenvalue weighted by atomic mass is 9.95. The normalized spacial score (nSPS) is 14.1. The number of amides is 1. The van der Waals surface area contributed by atoms with Gasteiger partial charge in [-0.25, -0.2) is 18.4 Å². The van der Waals surface area contributed by atoms with Crippen molar-refractivity contribution in [3.8, 4) is 0 Å². The second kappa shape index (κ2) is 15.8. The van der Waals surface area contributed by atoms with Crippen molar-refractivity contribution in [2.24, 2.45) is 5.73 Å². The lowest BCUT2D eigenvalue weighted by Gasteiger charge is -2.23. The van der Waals surface area contributed by atoms with E-state index < -0.39 is 42.7 Å². The Bertz CT molecular complexity index is 522. The van der Waals surface area contributed by atoms with Gasteiger partial charge in [0.2, 0.25) is 6.29 Å². The minimum atomic E-state index is -3.23. The van der Waals surface area contributed by atoms with E-state index in [1.165, 1.54) is 32.6 Å². The summed E-state index contributed by atoms with van der Waals surface area (Å²) in [7, 11) is 0. The van der Waals surface area contributed by atoms with E-state index in [-0.39, 0.29) is 19.4 Å². The average molecular weight is 439 g/mol. The number of hydrogen-bond acceptors (Lipinski definition) is 6. The molecule has 10 heteroatoms. The molecule has 0 aromatic heterocycles. The van der Waals surface area contributed by atoms with Crippen molar-refractivity contribution in [3.05, 3.63) is 0 Å². The maximum atomic E-state index is 12.7. The maximum Gasteiger partial charge on any atom is 0.410 e. The van der Waals surface area contributed by atoms with Crippen molar-refractivity contribution < 1.29 is 37.7 Å². The average Bonchev–Trinajstić information content (AvgIpc) is 2.66. The standard InChI is InChI=1S/C20H36F2N2O6/c1-3-4-5-6-7-8-9-10-12-16(25)29-15(2)30-19(28)24-14-11-13-20(23,17(21)22)18(26)27/h15,17H,3-14,23H2,1-2H3,(H,24,28)(H,26,27). The van der Waals surface area contributed by atoms with Crippen LogP contribution < -0.4 is 11.1 Å². The van der Waals surface area contributed by atoms with Gasteiger partial charge >= 0.3 is 18.0 Å². The third-order valence-electron chi connectivity index (χ3n) is 4.63. The molecule has 0 bridgehead atoms. The first-order valence-electron chi connectivity index (χ1n) is 10.6. The Labute approximate surface area is 176 Å². The fourth-order valence-electron chi connectivity index (χ4n) is 2.74. The summed E-state index contributed by atoms with van der Waals surface area (Å²) < 4.78 is 35.3. The first kappa shape index (κ1) is 28.0. The van der Waals surface area contributed by atoms with Crippen molar-refractivity contribution >= 4 is 18.0 Å². The van der Waals surface area contributed by atoms with Crippen LogP contribution in [-0.2, 0) is 19.1 Å². The molecular weight excluding hydrogens is 402 g/mol. The van der Waals surface area contributed by atoms with Crippen molar-refractivity contribution in [1.82, 2.24) is 5.32 Å². The Morgan fingerprint density at radius 2 is 1.57 bits per heavy atom. The number of unbranched alkanes of at least 4 members (excludes halogenated alkanes) is 7. The van der Waals surface area contributed by atoms with Gasteiger partial charge in [-0.3, -0.25) is 4.79 Å². The lowest BCUT2D eigenvalue weighted by Crippen LogP contribution is -2.54. The Kier molecular flexibility index (Phi) is 14.8. The highest BCUT2D eigenvalue weighted by Crippen LogP contribution is 2.19. The van der Waals surface area contributed by atoms with Crippen LogP contribution in [0, 0.1) is 0 Å². The van der Waals surface area contributed by atoms with Crippen LogP contribution in [0.25, 0.3) is 0 Å². The smallest absolute Gasteiger partial charge is 0.410 e. The van der Waals surface area contributed by atoms with Crippen molar-refractivity contribution in [3.63, 3.8) is 0 Å². The molecule has 0 aromatic rings. The molecule has 0 saturated carbocycles. The van der Waals surface area contributed by atoms with E-state index in [9.17, 15) is 23.2 Å².